The average molecular weight is 420 g/mol. The van der Waals surface area contributed by atoms with E-state index in [1.807, 2.05) is 6.07 Å². The van der Waals surface area contributed by atoms with Crippen molar-refractivity contribution in [3.05, 3.63) is 84.1 Å². The molecule has 4 rings (SSSR count). The van der Waals surface area contributed by atoms with Gasteiger partial charge in [0.2, 0.25) is 0 Å². The minimum Gasteiger partial charge on any atom is -0.488 e. The van der Waals surface area contributed by atoms with E-state index >= 15 is 0 Å². The summed E-state index contributed by atoms with van der Waals surface area (Å²) in [5.74, 6) is 1.25. The van der Waals surface area contributed by atoms with Crippen LogP contribution in [0, 0.1) is 0 Å². The number of nitrogens with one attached hydrogen (secondary N) is 2. The summed E-state index contributed by atoms with van der Waals surface area (Å²) in [4.78, 5) is 30.6. The Kier molecular flexibility index (Phi) is 6.47. The Morgan fingerprint density at radius 3 is 2.77 bits per heavy atom. The maximum absolute atomic E-state index is 12.5. The zero-order valence-electron chi connectivity index (χ0n) is 17.0. The van der Waals surface area contributed by atoms with Gasteiger partial charge in [0.05, 0.1) is 19.4 Å². The number of benzene rings is 1. The molecule has 1 aromatic carbocycles. The fraction of sp³-hybridized carbons (Fsp3) is 0.261. The van der Waals surface area contributed by atoms with Crippen molar-refractivity contribution in [2.45, 2.75) is 25.6 Å². The number of carbonyl (C=O) groups excluding carboxylic acids is 2. The molecule has 0 spiro atoms. The van der Waals surface area contributed by atoms with Crippen LogP contribution in [0.25, 0.3) is 0 Å². The average Bonchev–Trinajstić information content (AvgIpc) is 3.49. The van der Waals surface area contributed by atoms with Crippen molar-refractivity contribution in [2.75, 3.05) is 13.1 Å². The highest BCUT2D eigenvalue weighted by molar-refractivity contribution is 5.94. The molecule has 0 unspecified atom stereocenters. The van der Waals surface area contributed by atoms with Crippen molar-refractivity contribution in [1.29, 1.82) is 0 Å². The second-order valence-corrected chi connectivity index (χ2v) is 7.28. The quantitative estimate of drug-likeness (QED) is 0.613. The van der Waals surface area contributed by atoms with Crippen molar-refractivity contribution in [2.24, 2.45) is 0 Å². The van der Waals surface area contributed by atoms with Gasteiger partial charge in [0.1, 0.15) is 17.6 Å². The Labute approximate surface area is 180 Å². The molecule has 1 atom stereocenters. The van der Waals surface area contributed by atoms with Gasteiger partial charge in [-0.2, -0.15) is 0 Å². The molecule has 2 N–H and O–H groups in total. The smallest absolute Gasteiger partial charge is 0.317 e. The van der Waals surface area contributed by atoms with Gasteiger partial charge in [-0.3, -0.25) is 9.78 Å². The van der Waals surface area contributed by atoms with Gasteiger partial charge in [0, 0.05) is 37.5 Å². The zero-order chi connectivity index (χ0) is 21.5. The second kappa shape index (κ2) is 9.80. The molecule has 8 nitrogen and oxygen atoms in total. The lowest BCUT2D eigenvalue weighted by atomic mass is 10.1. The Bertz CT molecular complexity index is 1010. The van der Waals surface area contributed by atoms with Crippen molar-refractivity contribution in [1.82, 2.24) is 20.5 Å². The molecule has 3 aromatic rings. The van der Waals surface area contributed by atoms with Crippen LogP contribution in [0.5, 0.6) is 5.75 Å². The van der Waals surface area contributed by atoms with Crippen molar-refractivity contribution in [3.63, 3.8) is 0 Å². The lowest BCUT2D eigenvalue weighted by molar-refractivity contribution is 0.0948. The van der Waals surface area contributed by atoms with E-state index in [1.165, 1.54) is 0 Å². The first-order valence-corrected chi connectivity index (χ1v) is 10.2. The molecule has 8 heteroatoms. The largest absolute Gasteiger partial charge is 0.488 e. The normalized spacial score (nSPS) is 15.5. The van der Waals surface area contributed by atoms with Crippen LogP contribution in [0.1, 0.15) is 28.1 Å². The summed E-state index contributed by atoms with van der Waals surface area (Å²) >= 11 is 0. The molecule has 1 saturated heterocycles. The van der Waals surface area contributed by atoms with Gasteiger partial charge in [0.25, 0.3) is 5.91 Å². The van der Waals surface area contributed by atoms with Crippen LogP contribution in [-0.4, -0.2) is 41.0 Å². The van der Waals surface area contributed by atoms with Crippen molar-refractivity contribution in [3.8, 4) is 5.75 Å². The molecule has 3 heterocycles. The molecule has 31 heavy (non-hydrogen) atoms. The summed E-state index contributed by atoms with van der Waals surface area (Å²) in [5.41, 5.74) is 1.38. The second-order valence-electron chi connectivity index (χ2n) is 7.28. The Hall–Kier alpha value is -3.81. The number of pyridine rings is 1. The highest BCUT2D eigenvalue weighted by atomic mass is 16.5. The Morgan fingerprint density at radius 1 is 1.10 bits per heavy atom. The van der Waals surface area contributed by atoms with E-state index in [2.05, 4.69) is 15.6 Å². The number of aromatic nitrogens is 1. The Morgan fingerprint density at radius 2 is 1.97 bits per heavy atom. The molecule has 1 fully saturated rings. The van der Waals surface area contributed by atoms with Crippen molar-refractivity contribution >= 4 is 11.9 Å². The Balaban J connectivity index is 1.25. The molecule has 160 valence electrons. The lowest BCUT2D eigenvalue weighted by Gasteiger charge is -2.18. The van der Waals surface area contributed by atoms with E-state index in [1.54, 1.807) is 66.0 Å². The first-order valence-electron chi connectivity index (χ1n) is 10.2. The highest BCUT2D eigenvalue weighted by Gasteiger charge is 2.27. The van der Waals surface area contributed by atoms with Gasteiger partial charge in [-0.25, -0.2) is 4.79 Å². The molecule has 2 aromatic heterocycles. The fourth-order valence-electron chi connectivity index (χ4n) is 3.41. The molecule has 3 amide bonds. The van der Waals surface area contributed by atoms with Crippen LogP contribution in [0.2, 0.25) is 0 Å². The predicted molar refractivity (Wildman–Crippen MR) is 113 cm³/mol. The van der Waals surface area contributed by atoms with Gasteiger partial charge >= 0.3 is 6.03 Å². The van der Waals surface area contributed by atoms with Crippen LogP contribution in [0.4, 0.5) is 4.79 Å². The third-order valence-corrected chi connectivity index (χ3v) is 5.02. The number of nitrogens with zero attached hydrogens (tertiary/aromatic N) is 2. The summed E-state index contributed by atoms with van der Waals surface area (Å²) in [7, 11) is 0. The van der Waals surface area contributed by atoms with Gasteiger partial charge < -0.3 is 24.7 Å². The van der Waals surface area contributed by atoms with Gasteiger partial charge in [0.15, 0.2) is 0 Å². The van der Waals surface area contributed by atoms with Crippen molar-refractivity contribution < 1.29 is 18.7 Å². The first kappa shape index (κ1) is 20.5. The number of ether oxygens (including phenoxy) is 1. The molecular weight excluding hydrogens is 396 g/mol. The summed E-state index contributed by atoms with van der Waals surface area (Å²) in [6.45, 7) is 1.83. The SMILES string of the molecule is O=C(NCc1ccco1)c1cccc(CNC(=O)N2CC[C@@H](Oc3ccncc3)C2)c1. The van der Waals surface area contributed by atoms with E-state index in [4.69, 9.17) is 9.15 Å². The number of likely N-dealkylation sites (tertiary alicyclic amines) is 1. The summed E-state index contributed by atoms with van der Waals surface area (Å²) < 4.78 is 11.1. The number of furan rings is 1. The third-order valence-electron chi connectivity index (χ3n) is 5.02. The lowest BCUT2D eigenvalue weighted by Crippen LogP contribution is -2.39. The summed E-state index contributed by atoms with van der Waals surface area (Å²) in [5, 5.41) is 5.74. The number of rotatable bonds is 7. The molecule has 0 aliphatic carbocycles. The number of carbonyl (C=O) groups is 2. The van der Waals surface area contributed by atoms with E-state index in [-0.39, 0.29) is 18.0 Å². The molecule has 1 aliphatic heterocycles. The van der Waals surface area contributed by atoms with Crippen LogP contribution >= 0.6 is 0 Å². The van der Waals surface area contributed by atoms with E-state index < -0.39 is 0 Å². The predicted octanol–water partition coefficient (Wildman–Crippen LogP) is 2.97. The number of amides is 3. The van der Waals surface area contributed by atoms with Crippen LogP contribution in [-0.2, 0) is 13.1 Å². The monoisotopic (exact) mass is 420 g/mol. The number of hydrogen-bond acceptors (Lipinski definition) is 5. The van der Waals surface area contributed by atoms with Gasteiger partial charge in [-0.05, 0) is 42.0 Å². The van der Waals surface area contributed by atoms with E-state index in [0.29, 0.717) is 37.5 Å². The molecule has 0 bridgehead atoms. The topological polar surface area (TPSA) is 96.7 Å². The van der Waals surface area contributed by atoms with E-state index in [9.17, 15) is 9.59 Å². The van der Waals surface area contributed by atoms with E-state index in [0.717, 1.165) is 17.7 Å². The summed E-state index contributed by atoms with van der Waals surface area (Å²) in [6.07, 6.45) is 5.68. The van der Waals surface area contributed by atoms with Crippen LogP contribution in [0.15, 0.2) is 71.6 Å². The standard InChI is InChI=1S/C23H24N4O4/c28-22(25-15-20-5-2-12-30-20)18-4-1-3-17(13-18)14-26-23(29)27-11-8-21(16-27)31-19-6-9-24-10-7-19/h1-7,9-10,12-13,21H,8,11,14-16H2,(H,25,28)(H,26,29)/t21-/m1/s1. The zero-order valence-corrected chi connectivity index (χ0v) is 17.0. The molecular formula is C23H24N4O4. The maximum Gasteiger partial charge on any atom is 0.317 e. The molecule has 0 radical (unpaired) electrons. The highest BCUT2D eigenvalue weighted by Crippen LogP contribution is 2.17. The van der Waals surface area contributed by atoms with Crippen LogP contribution in [0.3, 0.4) is 0 Å². The van der Waals surface area contributed by atoms with Gasteiger partial charge in [-0.15, -0.1) is 0 Å². The minimum absolute atomic E-state index is 0.0330. The third kappa shape index (κ3) is 5.63. The summed E-state index contributed by atoms with van der Waals surface area (Å²) in [6, 6.07) is 14.2. The first-order chi connectivity index (χ1) is 15.2. The van der Waals surface area contributed by atoms with Gasteiger partial charge in [-0.1, -0.05) is 12.1 Å². The number of hydrogen-bond donors (Lipinski definition) is 2. The molecule has 1 aliphatic rings. The molecule has 0 saturated carbocycles. The maximum atomic E-state index is 12.5. The number of urea groups is 1. The fourth-order valence-corrected chi connectivity index (χ4v) is 3.41. The van der Waals surface area contributed by atoms with Crippen LogP contribution < -0.4 is 15.4 Å². The minimum atomic E-state index is -0.194.